The molecule has 1 aliphatic rings. The van der Waals surface area contributed by atoms with Crippen LogP contribution in [0.25, 0.3) is 0 Å². The van der Waals surface area contributed by atoms with E-state index in [2.05, 4.69) is 33.0 Å². The van der Waals surface area contributed by atoms with Crippen molar-refractivity contribution >= 4 is 5.91 Å². The van der Waals surface area contributed by atoms with Crippen molar-refractivity contribution in [2.75, 3.05) is 13.1 Å². The molecule has 0 bridgehead atoms. The highest BCUT2D eigenvalue weighted by atomic mass is 16.2. The fourth-order valence-corrected chi connectivity index (χ4v) is 2.12. The third-order valence-electron chi connectivity index (χ3n) is 2.46. The predicted octanol–water partition coefficient (Wildman–Crippen LogP) is 1.24. The van der Waals surface area contributed by atoms with E-state index in [9.17, 15) is 4.79 Å². The Hall–Kier alpha value is -0.570. The Morgan fingerprint density at radius 1 is 1.57 bits per heavy atom. The molecule has 1 fully saturated rings. The molecule has 1 aliphatic heterocycles. The van der Waals surface area contributed by atoms with Crippen molar-refractivity contribution in [3.8, 4) is 0 Å². The molecule has 1 amide bonds. The zero-order valence-electron chi connectivity index (χ0n) is 9.92. The van der Waals surface area contributed by atoms with E-state index in [4.69, 9.17) is 0 Å². The maximum Gasteiger partial charge on any atom is 0.239 e. The van der Waals surface area contributed by atoms with Gasteiger partial charge in [-0.05, 0) is 26.7 Å². The van der Waals surface area contributed by atoms with Crippen LogP contribution in [-0.2, 0) is 4.79 Å². The topological polar surface area (TPSA) is 32.3 Å². The lowest BCUT2D eigenvalue weighted by atomic mass is 9.98. The number of piperazine rings is 1. The predicted molar refractivity (Wildman–Crippen MR) is 58.1 cm³/mol. The van der Waals surface area contributed by atoms with E-state index < -0.39 is 0 Å². The minimum Gasteiger partial charge on any atom is -0.339 e. The van der Waals surface area contributed by atoms with Crippen LogP contribution in [0.4, 0.5) is 0 Å². The van der Waals surface area contributed by atoms with Gasteiger partial charge < -0.3 is 4.90 Å². The molecule has 0 aromatic heterocycles. The van der Waals surface area contributed by atoms with E-state index >= 15 is 0 Å². The van der Waals surface area contributed by atoms with Gasteiger partial charge >= 0.3 is 0 Å². The second-order valence-corrected chi connectivity index (χ2v) is 5.36. The molecular weight excluding hydrogens is 176 g/mol. The molecule has 3 heteroatoms. The summed E-state index contributed by atoms with van der Waals surface area (Å²) in [5.74, 6) is 0.776. The highest BCUT2D eigenvalue weighted by Gasteiger charge is 2.35. The quantitative estimate of drug-likeness (QED) is 0.724. The van der Waals surface area contributed by atoms with Crippen LogP contribution in [0.5, 0.6) is 0 Å². The first-order valence-corrected chi connectivity index (χ1v) is 5.38. The van der Waals surface area contributed by atoms with Crippen molar-refractivity contribution in [3.63, 3.8) is 0 Å². The lowest BCUT2D eigenvalue weighted by Gasteiger charge is -2.42. The number of hydrogen-bond acceptors (Lipinski definition) is 2. The Morgan fingerprint density at radius 2 is 2.14 bits per heavy atom. The van der Waals surface area contributed by atoms with Gasteiger partial charge in [0.05, 0.1) is 6.04 Å². The molecule has 82 valence electrons. The molecule has 0 saturated carbocycles. The zero-order chi connectivity index (χ0) is 10.9. The number of nitrogens with one attached hydrogen (secondary N) is 1. The molecule has 3 nitrogen and oxygen atoms in total. The van der Waals surface area contributed by atoms with E-state index in [-0.39, 0.29) is 17.5 Å². The van der Waals surface area contributed by atoms with Crippen LogP contribution in [0.3, 0.4) is 0 Å². The fourth-order valence-electron chi connectivity index (χ4n) is 2.12. The van der Waals surface area contributed by atoms with Crippen molar-refractivity contribution in [2.24, 2.45) is 5.92 Å². The minimum atomic E-state index is -0.0440. The van der Waals surface area contributed by atoms with Crippen molar-refractivity contribution in [1.82, 2.24) is 10.2 Å². The van der Waals surface area contributed by atoms with Crippen LogP contribution in [0.2, 0.25) is 0 Å². The average Bonchev–Trinajstić information content (AvgIpc) is 1.97. The summed E-state index contributed by atoms with van der Waals surface area (Å²) >= 11 is 0. The Bertz CT molecular complexity index is 223. The molecule has 1 rings (SSSR count). The first kappa shape index (κ1) is 11.5. The molecule has 1 atom stereocenters. The summed E-state index contributed by atoms with van der Waals surface area (Å²) < 4.78 is 0. The van der Waals surface area contributed by atoms with Crippen LogP contribution >= 0.6 is 0 Å². The van der Waals surface area contributed by atoms with Crippen molar-refractivity contribution < 1.29 is 4.79 Å². The van der Waals surface area contributed by atoms with Gasteiger partial charge in [0.15, 0.2) is 0 Å². The van der Waals surface area contributed by atoms with Crippen LogP contribution in [0, 0.1) is 5.92 Å². The molecule has 1 saturated heterocycles. The molecule has 1 N–H and O–H groups in total. The van der Waals surface area contributed by atoms with Gasteiger partial charge in [-0.15, -0.1) is 0 Å². The molecule has 0 spiro atoms. The number of carbonyl (C=O) groups excluding carboxylic acids is 1. The van der Waals surface area contributed by atoms with Crippen molar-refractivity contribution in [2.45, 2.75) is 46.2 Å². The van der Waals surface area contributed by atoms with Gasteiger partial charge in [0.1, 0.15) is 0 Å². The van der Waals surface area contributed by atoms with Crippen LogP contribution < -0.4 is 5.32 Å². The first-order valence-electron chi connectivity index (χ1n) is 5.38. The smallest absolute Gasteiger partial charge is 0.239 e. The molecule has 1 unspecified atom stereocenters. The standard InChI is InChI=1S/C11H22N2O/c1-8(2)6-13-7-11(4,5)12-9(3)10(13)14/h8-9,12H,6-7H2,1-5H3. The second kappa shape index (κ2) is 3.89. The van der Waals surface area contributed by atoms with Gasteiger partial charge in [-0.25, -0.2) is 0 Å². The third-order valence-corrected chi connectivity index (χ3v) is 2.46. The first-order chi connectivity index (χ1) is 6.32. The summed E-state index contributed by atoms with van der Waals surface area (Å²) in [4.78, 5) is 13.8. The Morgan fingerprint density at radius 3 is 2.64 bits per heavy atom. The monoisotopic (exact) mass is 198 g/mol. The Labute approximate surface area is 86.9 Å². The Kier molecular flexibility index (Phi) is 3.20. The summed E-state index contributed by atoms with van der Waals surface area (Å²) in [6.45, 7) is 12.2. The van der Waals surface area contributed by atoms with Crippen molar-refractivity contribution in [1.29, 1.82) is 0 Å². The van der Waals surface area contributed by atoms with Gasteiger partial charge in [0.2, 0.25) is 5.91 Å². The number of nitrogens with zero attached hydrogens (tertiary/aromatic N) is 1. The van der Waals surface area contributed by atoms with Gasteiger partial charge in [0, 0.05) is 18.6 Å². The summed E-state index contributed by atoms with van der Waals surface area (Å²) in [6, 6.07) is -0.0440. The van der Waals surface area contributed by atoms with E-state index in [1.54, 1.807) is 0 Å². The summed E-state index contributed by atoms with van der Waals surface area (Å²) in [5, 5.41) is 3.32. The molecular formula is C11H22N2O. The third kappa shape index (κ3) is 2.71. The number of amides is 1. The van der Waals surface area contributed by atoms with Crippen LogP contribution in [0.15, 0.2) is 0 Å². The van der Waals surface area contributed by atoms with E-state index in [0.717, 1.165) is 13.1 Å². The molecule has 1 heterocycles. The fraction of sp³-hybridized carbons (Fsp3) is 0.909. The summed E-state index contributed by atoms with van der Waals surface area (Å²) in [5.41, 5.74) is 0.0439. The lowest BCUT2D eigenvalue weighted by molar-refractivity contribution is -0.138. The van der Waals surface area contributed by atoms with E-state index in [1.165, 1.54) is 0 Å². The molecule has 0 aliphatic carbocycles. The Balaban J connectivity index is 2.68. The van der Waals surface area contributed by atoms with E-state index in [0.29, 0.717) is 5.92 Å². The highest BCUT2D eigenvalue weighted by molar-refractivity contribution is 5.82. The average molecular weight is 198 g/mol. The largest absolute Gasteiger partial charge is 0.339 e. The molecule has 14 heavy (non-hydrogen) atoms. The van der Waals surface area contributed by atoms with Gasteiger partial charge in [0.25, 0.3) is 0 Å². The van der Waals surface area contributed by atoms with Gasteiger partial charge in [-0.2, -0.15) is 0 Å². The van der Waals surface area contributed by atoms with Crippen LogP contribution in [-0.4, -0.2) is 35.5 Å². The summed E-state index contributed by atoms with van der Waals surface area (Å²) in [6.07, 6.45) is 0. The lowest BCUT2D eigenvalue weighted by Crippen LogP contribution is -2.64. The van der Waals surface area contributed by atoms with Gasteiger partial charge in [-0.1, -0.05) is 13.8 Å². The van der Waals surface area contributed by atoms with E-state index in [1.807, 2.05) is 11.8 Å². The van der Waals surface area contributed by atoms with Crippen molar-refractivity contribution in [3.05, 3.63) is 0 Å². The maximum atomic E-state index is 11.8. The number of hydrogen-bond donors (Lipinski definition) is 1. The molecule has 0 aromatic carbocycles. The minimum absolute atomic E-state index is 0.0439. The summed E-state index contributed by atoms with van der Waals surface area (Å²) in [7, 11) is 0. The van der Waals surface area contributed by atoms with Gasteiger partial charge in [-0.3, -0.25) is 10.1 Å². The zero-order valence-corrected chi connectivity index (χ0v) is 9.92. The highest BCUT2D eigenvalue weighted by Crippen LogP contribution is 2.16. The maximum absolute atomic E-state index is 11.8. The SMILES string of the molecule is CC(C)CN1CC(C)(C)NC(C)C1=O. The van der Waals surface area contributed by atoms with Crippen LogP contribution in [0.1, 0.15) is 34.6 Å². The number of rotatable bonds is 2. The molecule has 0 radical (unpaired) electrons. The second-order valence-electron chi connectivity index (χ2n) is 5.36. The normalized spacial score (nSPS) is 27.1. The molecule has 0 aromatic rings. The number of carbonyl (C=O) groups is 1.